The summed E-state index contributed by atoms with van der Waals surface area (Å²) in [5, 5.41) is 3.26. The standard InChI is InChI=1S/C19H29NO2/c1-13(2)15-5-7-16(8-6-15)18(14(3)4)20-19(21)17-9-11-22-12-10-17/h5-8,13-14,17-18H,9-12H2,1-4H3,(H,20,21)/t18-/m1/s1. The van der Waals surface area contributed by atoms with Crippen LogP contribution in [-0.2, 0) is 9.53 Å². The van der Waals surface area contributed by atoms with Crippen molar-refractivity contribution in [1.82, 2.24) is 5.32 Å². The van der Waals surface area contributed by atoms with Gasteiger partial charge in [-0.15, -0.1) is 0 Å². The predicted octanol–water partition coefficient (Wildman–Crippen LogP) is 4.05. The summed E-state index contributed by atoms with van der Waals surface area (Å²) in [5.41, 5.74) is 2.53. The van der Waals surface area contributed by atoms with Crippen LogP contribution in [-0.4, -0.2) is 19.1 Å². The molecule has 0 spiro atoms. The molecule has 3 heteroatoms. The first-order valence-electron chi connectivity index (χ1n) is 8.47. The van der Waals surface area contributed by atoms with Crippen LogP contribution in [0.5, 0.6) is 0 Å². The zero-order valence-electron chi connectivity index (χ0n) is 14.3. The van der Waals surface area contributed by atoms with E-state index in [1.807, 2.05) is 0 Å². The number of carbonyl (C=O) groups excluding carboxylic acids is 1. The van der Waals surface area contributed by atoms with Gasteiger partial charge in [-0.25, -0.2) is 0 Å². The molecular formula is C19H29NO2. The highest BCUT2D eigenvalue weighted by Crippen LogP contribution is 2.25. The molecular weight excluding hydrogens is 274 g/mol. The van der Waals surface area contributed by atoms with Crippen molar-refractivity contribution >= 4 is 5.91 Å². The van der Waals surface area contributed by atoms with Gasteiger partial charge in [0.15, 0.2) is 0 Å². The molecule has 0 bridgehead atoms. The summed E-state index contributed by atoms with van der Waals surface area (Å²) in [4.78, 5) is 12.5. The third kappa shape index (κ3) is 4.33. The van der Waals surface area contributed by atoms with E-state index in [0.717, 1.165) is 12.8 Å². The lowest BCUT2D eigenvalue weighted by atomic mass is 9.92. The second-order valence-electron chi connectivity index (χ2n) is 6.94. The molecule has 1 N–H and O–H groups in total. The lowest BCUT2D eigenvalue weighted by molar-refractivity contribution is -0.129. The Morgan fingerprint density at radius 3 is 2.09 bits per heavy atom. The van der Waals surface area contributed by atoms with Crippen molar-refractivity contribution in [3.8, 4) is 0 Å². The molecule has 122 valence electrons. The maximum Gasteiger partial charge on any atom is 0.223 e. The third-order valence-corrected chi connectivity index (χ3v) is 4.52. The van der Waals surface area contributed by atoms with Crippen molar-refractivity contribution in [2.45, 2.75) is 52.5 Å². The van der Waals surface area contributed by atoms with Gasteiger partial charge in [0, 0.05) is 19.1 Å². The van der Waals surface area contributed by atoms with Gasteiger partial charge >= 0.3 is 0 Å². The van der Waals surface area contributed by atoms with E-state index in [0.29, 0.717) is 25.0 Å². The quantitative estimate of drug-likeness (QED) is 0.891. The van der Waals surface area contributed by atoms with Gasteiger partial charge in [-0.05, 0) is 35.8 Å². The van der Waals surface area contributed by atoms with Crippen molar-refractivity contribution in [1.29, 1.82) is 0 Å². The molecule has 1 saturated heterocycles. The number of hydrogen-bond donors (Lipinski definition) is 1. The first kappa shape index (κ1) is 17.0. The van der Waals surface area contributed by atoms with Crippen molar-refractivity contribution in [2.24, 2.45) is 11.8 Å². The fourth-order valence-corrected chi connectivity index (χ4v) is 2.95. The van der Waals surface area contributed by atoms with Crippen molar-refractivity contribution in [3.05, 3.63) is 35.4 Å². The molecule has 1 aromatic rings. The van der Waals surface area contributed by atoms with Crippen LogP contribution < -0.4 is 5.32 Å². The number of amides is 1. The smallest absolute Gasteiger partial charge is 0.223 e. The Hall–Kier alpha value is -1.35. The van der Waals surface area contributed by atoms with E-state index in [-0.39, 0.29) is 17.9 Å². The number of ether oxygens (including phenoxy) is 1. The maximum absolute atomic E-state index is 12.5. The minimum atomic E-state index is 0.0801. The lowest BCUT2D eigenvalue weighted by Gasteiger charge is -2.27. The van der Waals surface area contributed by atoms with Crippen LogP contribution in [0, 0.1) is 11.8 Å². The maximum atomic E-state index is 12.5. The molecule has 1 atom stereocenters. The van der Waals surface area contributed by atoms with Crippen LogP contribution in [0.3, 0.4) is 0 Å². The minimum Gasteiger partial charge on any atom is -0.381 e. The zero-order chi connectivity index (χ0) is 16.1. The Morgan fingerprint density at radius 1 is 1.05 bits per heavy atom. The average Bonchev–Trinajstić information content (AvgIpc) is 2.53. The van der Waals surface area contributed by atoms with Crippen LogP contribution in [0.2, 0.25) is 0 Å². The number of benzene rings is 1. The third-order valence-electron chi connectivity index (χ3n) is 4.52. The molecule has 2 rings (SSSR count). The van der Waals surface area contributed by atoms with Gasteiger partial charge in [-0.3, -0.25) is 4.79 Å². The van der Waals surface area contributed by atoms with Gasteiger partial charge in [0.1, 0.15) is 0 Å². The molecule has 1 aliphatic rings. The fourth-order valence-electron chi connectivity index (χ4n) is 2.95. The molecule has 0 unspecified atom stereocenters. The molecule has 0 radical (unpaired) electrons. The van der Waals surface area contributed by atoms with Crippen molar-refractivity contribution < 1.29 is 9.53 Å². The van der Waals surface area contributed by atoms with Gasteiger partial charge in [-0.1, -0.05) is 52.0 Å². The van der Waals surface area contributed by atoms with E-state index < -0.39 is 0 Å². The number of nitrogens with one attached hydrogen (secondary N) is 1. The van der Waals surface area contributed by atoms with E-state index in [2.05, 4.69) is 57.3 Å². The SMILES string of the molecule is CC(C)c1ccc([C@H](NC(=O)C2CCOCC2)C(C)C)cc1. The van der Waals surface area contributed by atoms with Gasteiger partial charge in [0.05, 0.1) is 6.04 Å². The number of hydrogen-bond acceptors (Lipinski definition) is 2. The van der Waals surface area contributed by atoms with Crippen LogP contribution in [0.4, 0.5) is 0 Å². The predicted molar refractivity (Wildman–Crippen MR) is 89.8 cm³/mol. The summed E-state index contributed by atoms with van der Waals surface area (Å²) in [6.45, 7) is 10.1. The fraction of sp³-hybridized carbons (Fsp3) is 0.632. The monoisotopic (exact) mass is 303 g/mol. The molecule has 1 heterocycles. The molecule has 3 nitrogen and oxygen atoms in total. The molecule has 1 amide bonds. The normalized spacial score (nSPS) is 17.7. The Bertz CT molecular complexity index is 473. The molecule has 0 aromatic heterocycles. The summed E-state index contributed by atoms with van der Waals surface area (Å²) in [7, 11) is 0. The Labute approximate surface area is 134 Å². The van der Waals surface area contributed by atoms with E-state index in [9.17, 15) is 4.79 Å². The second kappa shape index (κ2) is 7.77. The molecule has 0 saturated carbocycles. The highest BCUT2D eigenvalue weighted by molar-refractivity contribution is 5.79. The topological polar surface area (TPSA) is 38.3 Å². The summed E-state index contributed by atoms with van der Waals surface area (Å²) in [6.07, 6.45) is 1.67. The molecule has 1 aliphatic heterocycles. The highest BCUT2D eigenvalue weighted by atomic mass is 16.5. The molecule has 1 fully saturated rings. The highest BCUT2D eigenvalue weighted by Gasteiger charge is 2.25. The largest absolute Gasteiger partial charge is 0.381 e. The molecule has 22 heavy (non-hydrogen) atoms. The Balaban J connectivity index is 2.07. The van der Waals surface area contributed by atoms with Crippen molar-refractivity contribution in [2.75, 3.05) is 13.2 Å². The Kier molecular flexibility index (Phi) is 6.01. The summed E-state index contributed by atoms with van der Waals surface area (Å²) >= 11 is 0. The van der Waals surface area contributed by atoms with Crippen LogP contribution in [0.1, 0.15) is 63.6 Å². The van der Waals surface area contributed by atoms with E-state index in [1.165, 1.54) is 11.1 Å². The van der Waals surface area contributed by atoms with Crippen LogP contribution in [0.25, 0.3) is 0 Å². The first-order chi connectivity index (χ1) is 10.5. The minimum absolute atomic E-state index is 0.0801. The van der Waals surface area contributed by atoms with Gasteiger partial charge in [-0.2, -0.15) is 0 Å². The second-order valence-corrected chi connectivity index (χ2v) is 6.94. The Morgan fingerprint density at radius 2 is 1.59 bits per heavy atom. The van der Waals surface area contributed by atoms with Crippen LogP contribution >= 0.6 is 0 Å². The van der Waals surface area contributed by atoms with Gasteiger partial charge in [0.2, 0.25) is 5.91 Å². The molecule has 0 aliphatic carbocycles. The summed E-state index contributed by atoms with van der Waals surface area (Å²) in [5.74, 6) is 1.18. The number of rotatable bonds is 5. The van der Waals surface area contributed by atoms with E-state index in [4.69, 9.17) is 4.74 Å². The van der Waals surface area contributed by atoms with Gasteiger partial charge < -0.3 is 10.1 Å². The summed E-state index contributed by atoms with van der Waals surface area (Å²) in [6, 6.07) is 8.75. The first-order valence-corrected chi connectivity index (χ1v) is 8.47. The number of carbonyl (C=O) groups is 1. The lowest BCUT2D eigenvalue weighted by Crippen LogP contribution is -2.38. The summed E-state index contributed by atoms with van der Waals surface area (Å²) < 4.78 is 5.34. The van der Waals surface area contributed by atoms with E-state index in [1.54, 1.807) is 0 Å². The van der Waals surface area contributed by atoms with Crippen molar-refractivity contribution in [3.63, 3.8) is 0 Å². The zero-order valence-corrected chi connectivity index (χ0v) is 14.3. The molecule has 1 aromatic carbocycles. The van der Waals surface area contributed by atoms with Gasteiger partial charge in [0.25, 0.3) is 0 Å². The van der Waals surface area contributed by atoms with Crippen LogP contribution in [0.15, 0.2) is 24.3 Å². The van der Waals surface area contributed by atoms with E-state index >= 15 is 0 Å². The average molecular weight is 303 g/mol.